The van der Waals surface area contributed by atoms with E-state index in [2.05, 4.69) is 5.32 Å². The molecule has 1 aliphatic rings. The van der Waals surface area contributed by atoms with Crippen LogP contribution >= 0.6 is 34.8 Å². The van der Waals surface area contributed by atoms with Crippen molar-refractivity contribution in [3.8, 4) is 0 Å². The molecular weight excluding hydrogens is 438 g/mol. The number of ketones is 1. The largest absolute Gasteiger partial charge is 0.416 e. The molecule has 2 unspecified atom stereocenters. The van der Waals surface area contributed by atoms with Gasteiger partial charge >= 0.3 is 6.18 Å². The number of nitrogens with one attached hydrogen (secondary N) is 1. The van der Waals surface area contributed by atoms with Crippen molar-refractivity contribution in [3.63, 3.8) is 0 Å². The molecule has 3 rings (SSSR count). The number of hydrogen-bond acceptors (Lipinski definition) is 2. The molecule has 148 valence electrons. The van der Waals surface area contributed by atoms with E-state index in [0.717, 1.165) is 12.1 Å². The highest BCUT2D eigenvalue weighted by atomic mass is 35.5. The summed E-state index contributed by atoms with van der Waals surface area (Å²) in [5, 5.41) is 2.87. The van der Waals surface area contributed by atoms with Crippen molar-refractivity contribution < 1.29 is 22.8 Å². The zero-order valence-corrected chi connectivity index (χ0v) is 16.5. The standard InChI is InChI=1S/C19H13Cl3F3NO2/c1-9(27)13-8-12(6-7-14(13)20)26-17(28)16-15(18(16,21)22)10-2-4-11(5-3-10)19(23,24)25/h2-8,15-16H,1H3,(H,26,28). The van der Waals surface area contributed by atoms with Crippen LogP contribution in [-0.4, -0.2) is 16.0 Å². The number of benzene rings is 2. The van der Waals surface area contributed by atoms with Crippen LogP contribution in [0, 0.1) is 5.92 Å². The minimum absolute atomic E-state index is 0.248. The van der Waals surface area contributed by atoms with Gasteiger partial charge in [-0.1, -0.05) is 23.7 Å². The highest BCUT2D eigenvalue weighted by Crippen LogP contribution is 2.65. The summed E-state index contributed by atoms with van der Waals surface area (Å²) in [6, 6.07) is 8.79. The summed E-state index contributed by atoms with van der Waals surface area (Å²) in [6.07, 6.45) is -4.46. The van der Waals surface area contributed by atoms with Gasteiger partial charge in [0.15, 0.2) is 5.78 Å². The Kier molecular flexibility index (Phi) is 5.42. The lowest BCUT2D eigenvalue weighted by Gasteiger charge is -2.08. The number of anilines is 1. The average molecular weight is 451 g/mol. The molecule has 0 aromatic heterocycles. The van der Waals surface area contributed by atoms with Gasteiger partial charge in [0.2, 0.25) is 5.91 Å². The van der Waals surface area contributed by atoms with Gasteiger partial charge in [-0.2, -0.15) is 13.2 Å². The number of rotatable bonds is 4. The molecule has 9 heteroatoms. The molecule has 0 heterocycles. The molecule has 1 aliphatic carbocycles. The van der Waals surface area contributed by atoms with Gasteiger partial charge in [0.05, 0.1) is 16.5 Å². The van der Waals surface area contributed by atoms with Gasteiger partial charge in [0.1, 0.15) is 4.33 Å². The first kappa shape index (κ1) is 21.0. The van der Waals surface area contributed by atoms with Crippen LogP contribution in [0.4, 0.5) is 18.9 Å². The van der Waals surface area contributed by atoms with E-state index >= 15 is 0 Å². The Labute approximate surface area is 173 Å². The van der Waals surface area contributed by atoms with Crippen molar-refractivity contribution in [2.24, 2.45) is 5.92 Å². The van der Waals surface area contributed by atoms with Crippen LogP contribution in [0.3, 0.4) is 0 Å². The molecule has 3 nitrogen and oxygen atoms in total. The SMILES string of the molecule is CC(=O)c1cc(NC(=O)C2C(c3ccc(C(F)(F)F)cc3)C2(Cl)Cl)ccc1Cl. The van der Waals surface area contributed by atoms with E-state index in [-0.39, 0.29) is 16.4 Å². The van der Waals surface area contributed by atoms with Gasteiger partial charge in [0.25, 0.3) is 0 Å². The average Bonchev–Trinajstić information content (AvgIpc) is 3.18. The molecule has 1 saturated carbocycles. The summed E-state index contributed by atoms with van der Waals surface area (Å²) >= 11 is 18.4. The lowest BCUT2D eigenvalue weighted by molar-refractivity contribution is -0.137. The van der Waals surface area contributed by atoms with E-state index < -0.39 is 33.8 Å². The van der Waals surface area contributed by atoms with E-state index in [1.807, 2.05) is 0 Å². The van der Waals surface area contributed by atoms with Gasteiger partial charge in [-0.05, 0) is 42.8 Å². The molecule has 0 saturated heterocycles. The van der Waals surface area contributed by atoms with Crippen LogP contribution in [0.5, 0.6) is 0 Å². The third-order valence-electron chi connectivity index (χ3n) is 4.55. The Bertz CT molecular complexity index is 942. The molecule has 1 fully saturated rings. The minimum Gasteiger partial charge on any atom is -0.326 e. The summed E-state index contributed by atoms with van der Waals surface area (Å²) in [4.78, 5) is 24.2. The summed E-state index contributed by atoms with van der Waals surface area (Å²) < 4.78 is 36.7. The normalized spacial score (nSPS) is 20.5. The van der Waals surface area contributed by atoms with Crippen LogP contribution in [-0.2, 0) is 11.0 Å². The maximum absolute atomic E-state index is 12.7. The maximum atomic E-state index is 12.7. The van der Waals surface area contributed by atoms with E-state index in [9.17, 15) is 22.8 Å². The van der Waals surface area contributed by atoms with Crippen LogP contribution in [0.2, 0.25) is 5.02 Å². The highest BCUT2D eigenvalue weighted by molar-refractivity contribution is 6.53. The predicted octanol–water partition coefficient (Wildman–Crippen LogP) is 6.09. The van der Waals surface area contributed by atoms with E-state index in [0.29, 0.717) is 11.3 Å². The summed E-state index contributed by atoms with van der Waals surface area (Å²) in [7, 11) is 0. The maximum Gasteiger partial charge on any atom is 0.416 e. The molecular formula is C19H13Cl3F3NO2. The number of carbonyl (C=O) groups excluding carboxylic acids is 2. The second-order valence-corrected chi connectivity index (χ2v) is 8.34. The zero-order valence-electron chi connectivity index (χ0n) is 14.3. The van der Waals surface area contributed by atoms with Crippen LogP contribution in [0.15, 0.2) is 42.5 Å². The number of hydrogen-bond donors (Lipinski definition) is 1. The molecule has 1 amide bonds. The predicted molar refractivity (Wildman–Crippen MR) is 102 cm³/mol. The third kappa shape index (κ3) is 4.00. The number of carbonyl (C=O) groups is 2. The molecule has 1 N–H and O–H groups in total. The number of alkyl halides is 5. The number of halogens is 6. The third-order valence-corrected chi connectivity index (χ3v) is 5.82. The first-order chi connectivity index (χ1) is 12.9. The molecule has 28 heavy (non-hydrogen) atoms. The van der Waals surface area contributed by atoms with Gasteiger partial charge in [-0.15, -0.1) is 23.2 Å². The van der Waals surface area contributed by atoms with E-state index in [1.54, 1.807) is 0 Å². The van der Waals surface area contributed by atoms with Crippen molar-refractivity contribution in [2.45, 2.75) is 23.4 Å². The Balaban J connectivity index is 1.78. The van der Waals surface area contributed by atoms with Gasteiger partial charge in [0, 0.05) is 17.2 Å². The molecule has 2 atom stereocenters. The van der Waals surface area contributed by atoms with Crippen LogP contribution in [0.25, 0.3) is 0 Å². The van der Waals surface area contributed by atoms with Crippen LogP contribution in [0.1, 0.15) is 34.3 Å². The van der Waals surface area contributed by atoms with Gasteiger partial charge in [-0.3, -0.25) is 9.59 Å². The first-order valence-corrected chi connectivity index (χ1v) is 9.22. The summed E-state index contributed by atoms with van der Waals surface area (Å²) in [5.41, 5.74) is 0.212. The lowest BCUT2D eigenvalue weighted by atomic mass is 10.1. The smallest absolute Gasteiger partial charge is 0.326 e. The van der Waals surface area contributed by atoms with Crippen LogP contribution < -0.4 is 5.32 Å². The Morgan fingerprint density at radius 2 is 1.68 bits per heavy atom. The first-order valence-electron chi connectivity index (χ1n) is 8.09. The molecule has 0 aliphatic heterocycles. The zero-order chi connectivity index (χ0) is 20.9. The minimum atomic E-state index is -4.46. The van der Waals surface area contributed by atoms with Crippen molar-refractivity contribution in [1.29, 1.82) is 0 Å². The number of amides is 1. The summed E-state index contributed by atoms with van der Waals surface area (Å²) in [6.45, 7) is 1.34. The molecule has 2 aromatic carbocycles. The van der Waals surface area contributed by atoms with Crippen molar-refractivity contribution >= 4 is 52.2 Å². The quantitative estimate of drug-likeness (QED) is 0.453. The molecule has 0 spiro atoms. The summed E-state index contributed by atoms with van der Waals surface area (Å²) in [5.74, 6) is -2.28. The lowest BCUT2D eigenvalue weighted by Crippen LogP contribution is -2.17. The van der Waals surface area contributed by atoms with E-state index in [4.69, 9.17) is 34.8 Å². The van der Waals surface area contributed by atoms with E-state index in [1.165, 1.54) is 37.3 Å². The number of Topliss-reactive ketones (excluding diaryl/α,β-unsaturated/α-hetero) is 1. The fraction of sp³-hybridized carbons (Fsp3) is 0.263. The van der Waals surface area contributed by atoms with Gasteiger partial charge < -0.3 is 5.32 Å². The fourth-order valence-electron chi connectivity index (χ4n) is 3.04. The molecule has 0 bridgehead atoms. The molecule has 0 radical (unpaired) electrons. The fourth-order valence-corrected chi connectivity index (χ4v) is 4.12. The molecule has 2 aromatic rings. The second-order valence-electron chi connectivity index (χ2n) is 6.49. The Morgan fingerprint density at radius 3 is 2.21 bits per heavy atom. The van der Waals surface area contributed by atoms with Gasteiger partial charge in [-0.25, -0.2) is 0 Å². The Morgan fingerprint density at radius 1 is 1.07 bits per heavy atom. The highest BCUT2D eigenvalue weighted by Gasteiger charge is 2.67. The second kappa shape index (κ2) is 7.25. The van der Waals surface area contributed by atoms with Crippen molar-refractivity contribution in [1.82, 2.24) is 0 Å². The monoisotopic (exact) mass is 449 g/mol. The van der Waals surface area contributed by atoms with Crippen molar-refractivity contribution in [3.05, 3.63) is 64.2 Å². The Hall–Kier alpha value is -1.76. The topological polar surface area (TPSA) is 46.2 Å². The van der Waals surface area contributed by atoms with Crippen molar-refractivity contribution in [2.75, 3.05) is 5.32 Å².